The van der Waals surface area contributed by atoms with E-state index in [4.69, 9.17) is 9.15 Å². The molecule has 0 bridgehead atoms. The molecule has 20 heavy (non-hydrogen) atoms. The Morgan fingerprint density at radius 1 is 1.40 bits per heavy atom. The van der Waals surface area contributed by atoms with Gasteiger partial charge in [0.25, 0.3) is 0 Å². The van der Waals surface area contributed by atoms with Crippen molar-refractivity contribution in [2.45, 2.75) is 20.3 Å². The molecule has 0 radical (unpaired) electrons. The maximum atomic E-state index is 12.0. The number of esters is 1. The molecule has 0 saturated carbocycles. The number of benzene rings is 1. The van der Waals surface area contributed by atoms with Crippen molar-refractivity contribution in [2.75, 3.05) is 6.61 Å². The third kappa shape index (κ3) is 3.41. The van der Waals surface area contributed by atoms with Crippen LogP contribution in [0.25, 0.3) is 17.0 Å². The van der Waals surface area contributed by atoms with E-state index in [1.54, 1.807) is 13.0 Å². The topological polar surface area (TPSA) is 39.4 Å². The highest BCUT2D eigenvalue weighted by atomic mass is 33.1. The first-order valence-electron chi connectivity index (χ1n) is 6.26. The van der Waals surface area contributed by atoms with Crippen LogP contribution in [0, 0.1) is 0 Å². The minimum Gasteiger partial charge on any atom is -0.462 e. The number of rotatable bonds is 4. The predicted octanol–water partition coefficient (Wildman–Crippen LogP) is 4.58. The molecule has 3 nitrogen and oxygen atoms in total. The zero-order chi connectivity index (χ0) is 15.1. The minimum absolute atomic E-state index is 0.325. The highest BCUT2D eigenvalue weighted by Gasteiger charge is 2.20. The number of ether oxygens (including phenoxy) is 1. The van der Waals surface area contributed by atoms with Gasteiger partial charge in [0.15, 0.2) is 0 Å². The highest BCUT2D eigenvalue weighted by molar-refractivity contribution is 8.59. The van der Waals surface area contributed by atoms with Gasteiger partial charge in [0, 0.05) is 11.8 Å². The van der Waals surface area contributed by atoms with Crippen LogP contribution < -0.4 is 0 Å². The lowest BCUT2D eigenvalue weighted by atomic mass is 10.1. The van der Waals surface area contributed by atoms with E-state index in [1.807, 2.05) is 25.1 Å². The second-order valence-electron chi connectivity index (χ2n) is 3.93. The van der Waals surface area contributed by atoms with Gasteiger partial charge in [-0.05, 0) is 24.6 Å². The Morgan fingerprint density at radius 2 is 2.10 bits per heavy atom. The molecular formula is C15H18O3S2. The van der Waals surface area contributed by atoms with Crippen LogP contribution in [0.1, 0.15) is 35.5 Å². The Morgan fingerprint density at radius 3 is 2.65 bits per heavy atom. The number of carbonyl (C=O) groups excluding carboxylic acids is 1. The zero-order valence-corrected chi connectivity index (χ0v) is 13.3. The average Bonchev–Trinajstić information content (AvgIpc) is 2.86. The summed E-state index contributed by atoms with van der Waals surface area (Å²) in [4.78, 5) is 12.0. The first kappa shape index (κ1) is 16.7. The molecule has 0 aliphatic rings. The molecule has 0 fully saturated rings. The normalized spacial score (nSPS) is 9.80. The fourth-order valence-electron chi connectivity index (χ4n) is 1.97. The summed E-state index contributed by atoms with van der Waals surface area (Å²) >= 11 is 6.44. The summed E-state index contributed by atoms with van der Waals surface area (Å²) in [5.41, 5.74) is 2.20. The van der Waals surface area contributed by atoms with Crippen LogP contribution in [-0.4, -0.2) is 12.6 Å². The Hall–Kier alpha value is -1.33. The number of hydrogen-bond donors (Lipinski definition) is 2. The van der Waals surface area contributed by atoms with Gasteiger partial charge in [-0.1, -0.05) is 25.6 Å². The Labute approximate surface area is 129 Å². The molecule has 108 valence electrons. The van der Waals surface area contributed by atoms with Crippen molar-refractivity contribution in [3.05, 3.63) is 41.7 Å². The number of furan rings is 1. The van der Waals surface area contributed by atoms with Crippen molar-refractivity contribution in [1.82, 2.24) is 0 Å². The van der Waals surface area contributed by atoms with Gasteiger partial charge >= 0.3 is 5.97 Å². The summed E-state index contributed by atoms with van der Waals surface area (Å²) in [5, 5.41) is 0.794. The van der Waals surface area contributed by atoms with E-state index in [2.05, 4.69) is 29.9 Å². The van der Waals surface area contributed by atoms with Gasteiger partial charge in [0.05, 0.1) is 6.61 Å². The Bertz CT molecular complexity index is 602. The van der Waals surface area contributed by atoms with Crippen LogP contribution >= 0.6 is 23.3 Å². The van der Waals surface area contributed by atoms with Crippen molar-refractivity contribution in [2.24, 2.45) is 0 Å². The van der Waals surface area contributed by atoms with Crippen LogP contribution in [0.5, 0.6) is 0 Å². The van der Waals surface area contributed by atoms with Gasteiger partial charge in [-0.15, -0.1) is 23.3 Å². The van der Waals surface area contributed by atoms with Gasteiger partial charge < -0.3 is 9.15 Å². The van der Waals surface area contributed by atoms with E-state index in [9.17, 15) is 4.79 Å². The number of hydrogen-bond acceptors (Lipinski definition) is 5. The van der Waals surface area contributed by atoms with Crippen molar-refractivity contribution in [1.29, 1.82) is 0 Å². The largest absolute Gasteiger partial charge is 0.462 e. The molecule has 5 heteroatoms. The molecule has 0 spiro atoms. The summed E-state index contributed by atoms with van der Waals surface area (Å²) in [6.45, 7) is 7.83. The molecule has 0 aliphatic heterocycles. The fraction of sp³-hybridized carbons (Fsp3) is 0.267. The molecule has 0 aliphatic carbocycles. The third-order valence-corrected chi connectivity index (χ3v) is 2.82. The van der Waals surface area contributed by atoms with Crippen molar-refractivity contribution < 1.29 is 13.9 Å². The Kier molecular flexibility index (Phi) is 6.75. The molecule has 0 unspecified atom stereocenters. The molecule has 0 saturated heterocycles. The second-order valence-corrected chi connectivity index (χ2v) is 3.93. The van der Waals surface area contributed by atoms with E-state index < -0.39 is 0 Å². The van der Waals surface area contributed by atoms with Crippen molar-refractivity contribution in [3.8, 4) is 0 Å². The van der Waals surface area contributed by atoms with Crippen LogP contribution in [0.4, 0.5) is 0 Å². The van der Waals surface area contributed by atoms with E-state index in [1.165, 1.54) is 0 Å². The molecule has 0 N–H and O–H groups in total. The third-order valence-electron chi connectivity index (χ3n) is 2.82. The van der Waals surface area contributed by atoms with Gasteiger partial charge in [-0.2, -0.15) is 0 Å². The lowest BCUT2D eigenvalue weighted by Gasteiger charge is -2.01. The maximum Gasteiger partial charge on any atom is 0.342 e. The highest BCUT2D eigenvalue weighted by Crippen LogP contribution is 2.28. The van der Waals surface area contributed by atoms with Gasteiger partial charge in [-0.25, -0.2) is 4.79 Å². The standard InChI is InChI=1S/C15H16O3.H2S2/c1-4-10-7-8-13-11(9-10)14(12(5-2)18-13)15(16)17-6-3;1-2/h4,7-9H,1,5-6H2,2-3H3;1-2H. The monoisotopic (exact) mass is 310 g/mol. The number of thiol groups is 2. The Balaban J connectivity index is 0.000000956. The molecule has 2 rings (SSSR count). The molecule has 0 amide bonds. The summed E-state index contributed by atoms with van der Waals surface area (Å²) in [6, 6.07) is 5.67. The SMILES string of the molecule is C=Cc1ccc2oc(CC)c(C(=O)OCC)c2c1.SS. The van der Waals surface area contributed by atoms with E-state index in [0.29, 0.717) is 29.9 Å². The second kappa shape index (κ2) is 8.07. The molecule has 1 heterocycles. The molecule has 2 aromatic rings. The van der Waals surface area contributed by atoms with E-state index in [-0.39, 0.29) is 5.97 Å². The lowest BCUT2D eigenvalue weighted by molar-refractivity contribution is 0.0526. The predicted molar refractivity (Wildman–Crippen MR) is 89.6 cm³/mol. The first-order valence-corrected chi connectivity index (χ1v) is 7.86. The summed E-state index contributed by atoms with van der Waals surface area (Å²) in [7, 11) is 0. The van der Waals surface area contributed by atoms with Crippen molar-refractivity contribution >= 4 is 46.3 Å². The van der Waals surface area contributed by atoms with Gasteiger partial charge in [0.1, 0.15) is 16.9 Å². The summed E-state index contributed by atoms with van der Waals surface area (Å²) in [6.07, 6.45) is 2.40. The van der Waals surface area contributed by atoms with Crippen molar-refractivity contribution in [3.63, 3.8) is 0 Å². The lowest BCUT2D eigenvalue weighted by Crippen LogP contribution is -2.06. The number of fused-ring (bicyclic) bond motifs is 1. The van der Waals surface area contributed by atoms with Crippen LogP contribution in [0.15, 0.2) is 29.2 Å². The maximum absolute atomic E-state index is 12.0. The number of carbonyl (C=O) groups is 1. The van der Waals surface area contributed by atoms with Gasteiger partial charge in [-0.3, -0.25) is 0 Å². The minimum atomic E-state index is -0.325. The fourth-order valence-corrected chi connectivity index (χ4v) is 1.97. The zero-order valence-electron chi connectivity index (χ0n) is 11.5. The summed E-state index contributed by atoms with van der Waals surface area (Å²) in [5.74, 6) is 0.346. The molecule has 0 atom stereocenters. The molecule has 1 aromatic heterocycles. The quantitative estimate of drug-likeness (QED) is 0.493. The smallest absolute Gasteiger partial charge is 0.342 e. The van der Waals surface area contributed by atoms with E-state index in [0.717, 1.165) is 10.9 Å². The van der Waals surface area contributed by atoms with E-state index >= 15 is 0 Å². The average molecular weight is 310 g/mol. The first-order chi connectivity index (χ1) is 9.71. The molecule has 1 aromatic carbocycles. The summed E-state index contributed by atoms with van der Waals surface area (Å²) < 4.78 is 10.8. The van der Waals surface area contributed by atoms with Crippen LogP contribution in [0.2, 0.25) is 0 Å². The number of aryl methyl sites for hydroxylation is 1. The van der Waals surface area contributed by atoms with Crippen LogP contribution in [-0.2, 0) is 11.2 Å². The van der Waals surface area contributed by atoms with Gasteiger partial charge in [0.2, 0.25) is 0 Å². The van der Waals surface area contributed by atoms with Crippen LogP contribution in [0.3, 0.4) is 0 Å². The molecular weight excluding hydrogens is 292 g/mol.